The molecule has 0 aromatic rings. The van der Waals surface area contributed by atoms with Crippen LogP contribution in [0, 0.1) is 41.4 Å². The van der Waals surface area contributed by atoms with Gasteiger partial charge < -0.3 is 53.0 Å². The van der Waals surface area contributed by atoms with E-state index in [-0.39, 0.29) is 72.6 Å². The van der Waals surface area contributed by atoms with Crippen LogP contribution in [0.2, 0.25) is 0 Å². The average Bonchev–Trinajstić information content (AvgIpc) is 3.66. The van der Waals surface area contributed by atoms with E-state index < -0.39 is 70.2 Å². The first-order valence-electron chi connectivity index (χ1n) is 30.5. The molecule has 6 saturated heterocycles. The summed E-state index contributed by atoms with van der Waals surface area (Å²) in [5.41, 5.74) is -2.85. The highest BCUT2D eigenvalue weighted by Crippen LogP contribution is 2.65. The molecule has 17 nitrogen and oxygen atoms in total. The minimum Gasteiger partial charge on any atom is -0.460 e. The van der Waals surface area contributed by atoms with E-state index in [1.165, 1.54) is 0 Å². The van der Waals surface area contributed by atoms with Gasteiger partial charge in [-0.05, 0) is 202 Å². The number of carbonyl (C=O) groups is 3. The first-order valence-corrected chi connectivity index (χ1v) is 30.5. The number of alkyl halides is 3. The number of allylic oxidation sites excluding steroid dienone is 1. The topological polar surface area (TPSA) is 165 Å². The number of hydrogen-bond acceptors (Lipinski definition) is 15. The van der Waals surface area contributed by atoms with Gasteiger partial charge in [-0.25, -0.2) is 14.6 Å². The number of ether oxygens (including phenoxy) is 8. The van der Waals surface area contributed by atoms with Gasteiger partial charge in [0, 0.05) is 63.2 Å². The van der Waals surface area contributed by atoms with Crippen molar-refractivity contribution >= 4 is 18.0 Å². The van der Waals surface area contributed by atoms with Gasteiger partial charge in [0.1, 0.15) is 16.8 Å². The van der Waals surface area contributed by atoms with Crippen molar-refractivity contribution in [3.63, 3.8) is 0 Å². The fourth-order valence-electron chi connectivity index (χ4n) is 14.8. The number of nitrogens with zero attached hydrogens (tertiary/aromatic N) is 3. The summed E-state index contributed by atoms with van der Waals surface area (Å²) in [4.78, 5) is 57.4. The van der Waals surface area contributed by atoms with Gasteiger partial charge in [0.2, 0.25) is 23.7 Å². The molecule has 2 saturated carbocycles. The maximum Gasteiger partial charge on any atom is 0.449 e. The van der Waals surface area contributed by atoms with Crippen molar-refractivity contribution < 1.29 is 75.2 Å². The van der Waals surface area contributed by atoms with Crippen LogP contribution in [-0.4, -0.2) is 157 Å². The molecule has 8 fully saturated rings. The molecule has 20 heteroatoms. The number of amides is 2. The average molecular weight is 1140 g/mol. The number of rotatable bonds is 24. The minimum absolute atomic E-state index is 0.0388. The lowest BCUT2D eigenvalue weighted by Gasteiger charge is -2.62. The van der Waals surface area contributed by atoms with Crippen molar-refractivity contribution in [2.24, 2.45) is 41.4 Å². The maximum atomic E-state index is 15.3. The van der Waals surface area contributed by atoms with E-state index in [0.717, 1.165) is 51.5 Å². The molecule has 7 heterocycles. The molecule has 2 spiro atoms. The molecule has 2 aliphatic carbocycles. The Morgan fingerprint density at radius 2 is 1.29 bits per heavy atom. The highest BCUT2D eigenvalue weighted by atomic mass is 19.4. The van der Waals surface area contributed by atoms with Crippen molar-refractivity contribution in [3.05, 3.63) is 11.3 Å². The quantitative estimate of drug-likeness (QED) is 0.0551. The number of fused-ring (bicyclic) bond motifs is 3. The van der Waals surface area contributed by atoms with Gasteiger partial charge in [0.05, 0.1) is 13.2 Å². The van der Waals surface area contributed by atoms with Crippen LogP contribution in [-0.2, 0) is 57.3 Å². The Labute approximate surface area is 474 Å². The van der Waals surface area contributed by atoms with E-state index in [0.29, 0.717) is 96.6 Å². The van der Waals surface area contributed by atoms with Crippen LogP contribution in [0.15, 0.2) is 11.3 Å². The first-order chi connectivity index (χ1) is 37.4. The zero-order valence-corrected chi connectivity index (χ0v) is 50.7. The Morgan fingerprint density at radius 1 is 0.675 bits per heavy atom. The van der Waals surface area contributed by atoms with Crippen LogP contribution in [0.1, 0.15) is 186 Å². The van der Waals surface area contributed by atoms with Crippen LogP contribution < -0.4 is 5.32 Å². The number of unbranched alkanes of at least 4 members (excludes halogenated alkanes) is 3. The number of halogens is 3. The summed E-state index contributed by atoms with van der Waals surface area (Å²) in [5.74, 6) is -4.28. The minimum atomic E-state index is -4.79. The predicted octanol–water partition coefficient (Wildman–Crippen LogP) is 10.8. The summed E-state index contributed by atoms with van der Waals surface area (Å²) in [7, 11) is 2.02. The third kappa shape index (κ3) is 14.1. The molecule has 0 aromatic carbocycles. The van der Waals surface area contributed by atoms with Gasteiger partial charge in [0.25, 0.3) is 0 Å². The van der Waals surface area contributed by atoms with E-state index in [1.54, 1.807) is 4.90 Å². The molecular formula is C60H99F3N4O13. The molecule has 14 atom stereocenters. The summed E-state index contributed by atoms with van der Waals surface area (Å²) in [6, 6.07) is 0. The maximum absolute atomic E-state index is 15.3. The third-order valence-corrected chi connectivity index (χ3v) is 18.9. The second-order valence-electron chi connectivity index (χ2n) is 27.6. The van der Waals surface area contributed by atoms with Crippen LogP contribution in [0.25, 0.3) is 0 Å². The molecule has 1 N–H and O–H groups in total. The fraction of sp³-hybridized carbons (Fsp3) is 0.917. The van der Waals surface area contributed by atoms with E-state index in [9.17, 15) is 14.4 Å². The molecule has 458 valence electrons. The van der Waals surface area contributed by atoms with E-state index in [2.05, 4.69) is 31.0 Å². The van der Waals surface area contributed by atoms with Crippen LogP contribution in [0.3, 0.4) is 0 Å². The molecule has 0 aromatic heterocycles. The SMILES string of the molecule is C[C@@H]1CC[C@H]2C(CN(CCCCO[C@@]3(C)O[C@@H]4O[C@]5(C)CCC6[C@H](C)CC[C@@H]([C@H]3C)[C@]64OO5)CC(=O)NCCCN(C)CCCCN(CCCCC(=O)OC(C)(C)C)C(=O)OC(C)(C)C)=C(C(F)(F)F)O[C@@H]3O[C@]4(C)CCC1[C@]32O4. The van der Waals surface area contributed by atoms with Crippen molar-refractivity contribution in [1.29, 1.82) is 0 Å². The van der Waals surface area contributed by atoms with E-state index >= 15 is 13.2 Å². The second kappa shape index (κ2) is 24.6. The number of hydrogen-bond donors (Lipinski definition) is 1. The predicted molar refractivity (Wildman–Crippen MR) is 291 cm³/mol. The first kappa shape index (κ1) is 63.2. The van der Waals surface area contributed by atoms with Gasteiger partial charge in [-0.3, -0.25) is 14.5 Å². The second-order valence-corrected chi connectivity index (χ2v) is 27.6. The summed E-state index contributed by atoms with van der Waals surface area (Å²) < 4.78 is 96.3. The summed E-state index contributed by atoms with van der Waals surface area (Å²) in [6.07, 6.45) is 4.04. The van der Waals surface area contributed by atoms with Gasteiger partial charge in [-0.1, -0.05) is 20.8 Å². The fourth-order valence-corrected chi connectivity index (χ4v) is 14.8. The smallest absolute Gasteiger partial charge is 0.449 e. The summed E-state index contributed by atoms with van der Waals surface area (Å²) in [5, 5.41) is 3.06. The highest BCUT2D eigenvalue weighted by molar-refractivity contribution is 5.78. The van der Waals surface area contributed by atoms with E-state index in [4.69, 9.17) is 47.7 Å². The Bertz CT molecular complexity index is 2190. The van der Waals surface area contributed by atoms with Crippen molar-refractivity contribution in [2.45, 2.75) is 244 Å². The van der Waals surface area contributed by atoms with Crippen molar-refractivity contribution in [1.82, 2.24) is 20.0 Å². The molecule has 0 radical (unpaired) electrons. The van der Waals surface area contributed by atoms with Gasteiger partial charge in [-0.2, -0.15) is 13.2 Å². The standard InChI is InChI=1S/C60H99F3N4O13/c1-39-23-25-46-42(49(60(61,62)63)72-50-58(46)43(39)26-28-55(10,74-50)78-58)37-66(33-18-19-36-71-57(12)41(3)45-24-22-40(2)44-27-29-56(11)75-51(76-57)59(44,45)80-79-56)38-47(68)64-30-20-32-65(13)31-16-17-35-67(52(70)77-54(7,8)9)34-15-14-21-48(69)73-53(4,5)6/h39-41,43-46,50-51H,14-38H2,1-13H3,(H,64,68)/t39-,40-,41-,43?,44?,45+,46+,50-,51+,55+,56+,57+,58-,59-/m1/s1. The number of carbonyl (C=O) groups excluding carboxylic acids is 3. The lowest BCUT2D eigenvalue weighted by Crippen LogP contribution is -2.72. The van der Waals surface area contributed by atoms with Crippen molar-refractivity contribution in [3.8, 4) is 0 Å². The Kier molecular flexibility index (Phi) is 19.5. The van der Waals surface area contributed by atoms with Crippen LogP contribution in [0.5, 0.6) is 0 Å². The van der Waals surface area contributed by atoms with Gasteiger partial charge in [-0.15, -0.1) is 0 Å². The molecule has 9 rings (SSSR count). The van der Waals surface area contributed by atoms with Crippen LogP contribution >= 0.6 is 0 Å². The van der Waals surface area contributed by atoms with Crippen LogP contribution in [0.4, 0.5) is 18.0 Å². The third-order valence-electron chi connectivity index (χ3n) is 18.9. The number of esters is 1. The normalized spacial score (nSPS) is 36.5. The molecule has 2 unspecified atom stereocenters. The highest BCUT2D eigenvalue weighted by Gasteiger charge is 2.73. The Hall–Kier alpha value is -2.82. The lowest BCUT2D eigenvalue weighted by molar-refractivity contribution is -0.585. The Balaban J connectivity index is 0.868. The molecule has 2 amide bonds. The summed E-state index contributed by atoms with van der Waals surface area (Å²) in [6.45, 7) is 26.6. The molecule has 4 bridgehead atoms. The molecule has 9 aliphatic rings. The zero-order valence-electron chi connectivity index (χ0n) is 50.7. The lowest BCUT2D eigenvalue weighted by atomic mass is 9.57. The number of nitrogens with one attached hydrogen (secondary N) is 1. The van der Waals surface area contributed by atoms with Crippen molar-refractivity contribution in [2.75, 3.05) is 66.0 Å². The van der Waals surface area contributed by atoms with Gasteiger partial charge >= 0.3 is 18.2 Å². The largest absolute Gasteiger partial charge is 0.460 e. The Morgan fingerprint density at radius 3 is 1.98 bits per heavy atom. The molecule has 7 aliphatic heterocycles. The molecular weight excluding hydrogens is 1040 g/mol. The van der Waals surface area contributed by atoms with Gasteiger partial charge in [0.15, 0.2) is 23.5 Å². The molecule has 80 heavy (non-hydrogen) atoms. The summed E-state index contributed by atoms with van der Waals surface area (Å²) >= 11 is 0. The van der Waals surface area contributed by atoms with E-state index in [1.807, 2.05) is 74.3 Å². The monoisotopic (exact) mass is 1140 g/mol. The zero-order chi connectivity index (χ0) is 58.3.